The number of amides is 1. The SMILES string of the molecule is CC(C)(C)OC(=O)N1C[C@H]2CN(c3ccc(-c4cccnc4)nn3)C[C@@H]2C1. The fourth-order valence-corrected chi connectivity index (χ4v) is 3.82. The predicted molar refractivity (Wildman–Crippen MR) is 102 cm³/mol. The minimum Gasteiger partial charge on any atom is -0.444 e. The summed E-state index contributed by atoms with van der Waals surface area (Å²) < 4.78 is 5.50. The summed E-state index contributed by atoms with van der Waals surface area (Å²) in [4.78, 5) is 20.5. The Labute approximate surface area is 159 Å². The first-order valence-electron chi connectivity index (χ1n) is 9.36. The van der Waals surface area contributed by atoms with Crippen LogP contribution in [0.25, 0.3) is 11.3 Å². The molecule has 7 nitrogen and oxygen atoms in total. The number of pyridine rings is 1. The molecule has 7 heteroatoms. The van der Waals surface area contributed by atoms with Gasteiger partial charge >= 0.3 is 6.09 Å². The lowest BCUT2D eigenvalue weighted by molar-refractivity contribution is 0.0282. The molecule has 2 aliphatic rings. The first kappa shape index (κ1) is 17.7. The number of aromatic nitrogens is 3. The Morgan fingerprint density at radius 3 is 2.37 bits per heavy atom. The molecule has 0 N–H and O–H groups in total. The molecule has 2 saturated heterocycles. The van der Waals surface area contributed by atoms with Crippen molar-refractivity contribution in [2.45, 2.75) is 26.4 Å². The summed E-state index contributed by atoms with van der Waals surface area (Å²) in [6.45, 7) is 8.98. The third-order valence-corrected chi connectivity index (χ3v) is 5.07. The number of fused-ring (bicyclic) bond motifs is 1. The molecule has 2 atom stereocenters. The molecular weight excluding hydrogens is 342 g/mol. The molecular formula is C20H25N5O2. The van der Waals surface area contributed by atoms with Gasteiger partial charge in [-0.3, -0.25) is 4.98 Å². The Balaban J connectivity index is 1.37. The van der Waals surface area contributed by atoms with E-state index in [0.29, 0.717) is 11.8 Å². The van der Waals surface area contributed by atoms with Crippen molar-refractivity contribution >= 4 is 11.9 Å². The Kier molecular flexibility index (Phi) is 4.45. The largest absolute Gasteiger partial charge is 0.444 e. The van der Waals surface area contributed by atoms with Crippen molar-refractivity contribution in [3.63, 3.8) is 0 Å². The first-order chi connectivity index (χ1) is 12.9. The van der Waals surface area contributed by atoms with Crippen LogP contribution < -0.4 is 4.90 Å². The Bertz CT molecular complexity index is 789. The molecule has 2 aromatic rings. The van der Waals surface area contributed by atoms with Gasteiger partial charge < -0.3 is 14.5 Å². The van der Waals surface area contributed by atoms with Crippen LogP contribution in [0.2, 0.25) is 0 Å². The maximum absolute atomic E-state index is 12.3. The second kappa shape index (κ2) is 6.79. The topological polar surface area (TPSA) is 71.5 Å². The number of nitrogens with zero attached hydrogens (tertiary/aromatic N) is 5. The van der Waals surface area contributed by atoms with E-state index in [1.54, 1.807) is 12.4 Å². The normalized spacial score (nSPS) is 22.0. The zero-order chi connectivity index (χ0) is 19.0. The van der Waals surface area contributed by atoms with Crippen molar-refractivity contribution in [1.82, 2.24) is 20.1 Å². The average molecular weight is 367 g/mol. The maximum Gasteiger partial charge on any atom is 0.410 e. The number of ether oxygens (including phenoxy) is 1. The fraction of sp³-hybridized carbons (Fsp3) is 0.500. The highest BCUT2D eigenvalue weighted by Crippen LogP contribution is 2.34. The van der Waals surface area contributed by atoms with Gasteiger partial charge in [-0.15, -0.1) is 10.2 Å². The van der Waals surface area contributed by atoms with Crippen LogP contribution in [0.5, 0.6) is 0 Å². The predicted octanol–water partition coefficient (Wildman–Crippen LogP) is 2.84. The summed E-state index contributed by atoms with van der Waals surface area (Å²) in [5.41, 5.74) is 1.33. The van der Waals surface area contributed by atoms with Gasteiger partial charge in [0.25, 0.3) is 0 Å². The van der Waals surface area contributed by atoms with E-state index >= 15 is 0 Å². The Morgan fingerprint density at radius 1 is 1.07 bits per heavy atom. The minimum atomic E-state index is -0.452. The van der Waals surface area contributed by atoms with Gasteiger partial charge in [0.1, 0.15) is 5.60 Å². The molecule has 0 aromatic carbocycles. The second-order valence-corrected chi connectivity index (χ2v) is 8.33. The third-order valence-electron chi connectivity index (χ3n) is 5.07. The van der Waals surface area contributed by atoms with E-state index in [9.17, 15) is 4.79 Å². The van der Waals surface area contributed by atoms with E-state index < -0.39 is 5.60 Å². The number of anilines is 1. The number of hydrogen-bond donors (Lipinski definition) is 0. The van der Waals surface area contributed by atoms with Gasteiger partial charge in [0, 0.05) is 56.0 Å². The summed E-state index contributed by atoms with van der Waals surface area (Å²) >= 11 is 0. The molecule has 27 heavy (non-hydrogen) atoms. The molecule has 4 heterocycles. The fourth-order valence-electron chi connectivity index (χ4n) is 3.82. The molecule has 0 aliphatic carbocycles. The molecule has 142 valence electrons. The van der Waals surface area contributed by atoms with Crippen molar-refractivity contribution in [3.8, 4) is 11.3 Å². The van der Waals surface area contributed by atoms with Crippen LogP contribution in [-0.2, 0) is 4.74 Å². The standard InChI is InChI=1S/C20H25N5O2/c1-20(2,3)27-19(26)25-12-15-10-24(11-16(15)13-25)18-7-6-17(22-23-18)14-5-4-8-21-9-14/h4-9,15-16H,10-13H2,1-3H3/t15-,16-/m1/s1. The molecule has 1 amide bonds. The van der Waals surface area contributed by atoms with Gasteiger partial charge in [0.15, 0.2) is 5.82 Å². The van der Waals surface area contributed by atoms with Gasteiger partial charge in [-0.05, 0) is 45.0 Å². The second-order valence-electron chi connectivity index (χ2n) is 8.33. The van der Waals surface area contributed by atoms with Crippen molar-refractivity contribution in [2.75, 3.05) is 31.1 Å². The van der Waals surface area contributed by atoms with Crippen LogP contribution in [-0.4, -0.2) is 58.0 Å². The van der Waals surface area contributed by atoms with E-state index in [0.717, 1.165) is 43.3 Å². The molecule has 0 unspecified atom stereocenters. The van der Waals surface area contributed by atoms with Gasteiger partial charge in [0.2, 0.25) is 0 Å². The van der Waals surface area contributed by atoms with Gasteiger partial charge in [-0.2, -0.15) is 0 Å². The van der Waals surface area contributed by atoms with E-state index in [-0.39, 0.29) is 6.09 Å². The highest BCUT2D eigenvalue weighted by atomic mass is 16.6. The van der Waals surface area contributed by atoms with Crippen LogP contribution >= 0.6 is 0 Å². The highest BCUT2D eigenvalue weighted by Gasteiger charge is 2.43. The van der Waals surface area contributed by atoms with E-state index in [1.807, 2.05) is 49.9 Å². The molecule has 4 rings (SSSR count). The van der Waals surface area contributed by atoms with Crippen molar-refractivity contribution in [1.29, 1.82) is 0 Å². The zero-order valence-electron chi connectivity index (χ0n) is 16.0. The van der Waals surface area contributed by atoms with Crippen LogP contribution in [0.15, 0.2) is 36.7 Å². The number of carbonyl (C=O) groups excluding carboxylic acids is 1. The van der Waals surface area contributed by atoms with Crippen molar-refractivity contribution in [3.05, 3.63) is 36.7 Å². The van der Waals surface area contributed by atoms with Gasteiger partial charge in [-0.25, -0.2) is 4.79 Å². The number of hydrogen-bond acceptors (Lipinski definition) is 6. The summed E-state index contributed by atoms with van der Waals surface area (Å²) in [7, 11) is 0. The first-order valence-corrected chi connectivity index (χ1v) is 9.36. The highest BCUT2D eigenvalue weighted by molar-refractivity contribution is 5.68. The maximum atomic E-state index is 12.3. The molecule has 2 fully saturated rings. The van der Waals surface area contributed by atoms with Crippen LogP contribution in [0.3, 0.4) is 0 Å². The summed E-state index contributed by atoms with van der Waals surface area (Å²) in [6, 6.07) is 7.87. The summed E-state index contributed by atoms with van der Waals surface area (Å²) in [5, 5.41) is 8.76. The van der Waals surface area contributed by atoms with Crippen LogP contribution in [0.1, 0.15) is 20.8 Å². The smallest absolute Gasteiger partial charge is 0.410 e. The lowest BCUT2D eigenvalue weighted by Gasteiger charge is -2.26. The van der Waals surface area contributed by atoms with Crippen LogP contribution in [0.4, 0.5) is 10.6 Å². The van der Waals surface area contributed by atoms with Gasteiger partial charge in [0.05, 0.1) is 5.69 Å². The van der Waals surface area contributed by atoms with E-state index in [4.69, 9.17) is 4.74 Å². The molecule has 2 aliphatic heterocycles. The molecule has 0 spiro atoms. The number of carbonyl (C=O) groups is 1. The molecule has 2 aromatic heterocycles. The van der Waals surface area contributed by atoms with Gasteiger partial charge in [-0.1, -0.05) is 0 Å². The molecule has 0 radical (unpaired) electrons. The number of rotatable bonds is 2. The van der Waals surface area contributed by atoms with E-state index in [2.05, 4.69) is 20.1 Å². The third kappa shape index (κ3) is 3.86. The number of likely N-dealkylation sites (tertiary alicyclic amines) is 1. The average Bonchev–Trinajstić information content (AvgIpc) is 3.20. The summed E-state index contributed by atoms with van der Waals surface area (Å²) in [6.07, 6.45) is 3.33. The molecule has 0 bridgehead atoms. The Morgan fingerprint density at radius 2 is 1.81 bits per heavy atom. The molecule has 0 saturated carbocycles. The van der Waals surface area contributed by atoms with E-state index in [1.165, 1.54) is 0 Å². The van der Waals surface area contributed by atoms with Crippen LogP contribution in [0, 0.1) is 11.8 Å². The zero-order valence-corrected chi connectivity index (χ0v) is 16.0. The quantitative estimate of drug-likeness (QED) is 0.813. The summed E-state index contributed by atoms with van der Waals surface area (Å²) in [5.74, 6) is 1.80. The Hall–Kier alpha value is -2.70. The minimum absolute atomic E-state index is 0.205. The lowest BCUT2D eigenvalue weighted by atomic mass is 10.0. The monoisotopic (exact) mass is 367 g/mol. The van der Waals surface area contributed by atoms with Crippen molar-refractivity contribution in [2.24, 2.45) is 11.8 Å². The van der Waals surface area contributed by atoms with Crippen molar-refractivity contribution < 1.29 is 9.53 Å². The lowest BCUT2D eigenvalue weighted by Crippen LogP contribution is -2.37.